The van der Waals surface area contributed by atoms with Crippen molar-refractivity contribution in [1.82, 2.24) is 70.3 Å². The SMILES string of the molecule is Cc1ccc(C(N(CC(O)CN2C(=O)NC3(CC(C)(C)N(C)C(C)(C)C3)C2=O)CC(O)CN2C(=O)NC3(CC(C)(C)N(C)C(C)(C)C3)C2=O)N(CC(O)CN2C(=O)NC3(CC(C)(C)N(C)C(C)(C)C3)C2=O)CC(O)CN2C(=O)NC3(CC(C)(C)N(C)C(C)(C)C3)C2=O)cc1. The molecule has 8 heterocycles. The van der Waals surface area contributed by atoms with E-state index >= 15 is 0 Å². The number of hydrogen-bond acceptors (Lipinski definition) is 18. The molecule has 8 saturated heterocycles. The lowest BCUT2D eigenvalue weighted by Gasteiger charge is -2.56. The van der Waals surface area contributed by atoms with E-state index in [0.717, 1.165) is 25.2 Å². The van der Waals surface area contributed by atoms with Crippen LogP contribution in [-0.2, 0) is 19.2 Å². The van der Waals surface area contributed by atoms with Crippen LogP contribution >= 0.6 is 0 Å². The van der Waals surface area contributed by atoms with E-state index in [4.69, 9.17) is 0 Å². The Morgan fingerprint density at radius 1 is 0.351 bits per heavy atom. The number of hydrogen-bond donors (Lipinski definition) is 8. The standard InChI is InChI=1S/C68H112N14O12/c1-42-22-24-43(25-23-42)48(77(26-44(83)30-79-49(87)65(69-53(79)91)34-57(2,3)73(18)58(4,5)35-65)27-45(84)31-80-50(88)66(70-54(80)92)36-59(6,7)74(19)60(8,9)37-66)78(28-46(85)32-81-51(89)67(71-55(81)93)38-61(10,11)75(20)62(12,13)39-67)29-47(86)33-82-52(90)68(72-56(82)94)40-63(14,15)76(21)64(16,17)41-68/h22-25,44-48,83-86H,26-41H2,1-21H3,(H,69,91)(H,70,92)(H,71,93)(H,72,94). The molecule has 1 aromatic rings. The number of likely N-dealkylation sites (tertiary alicyclic amines) is 4. The lowest BCUT2D eigenvalue weighted by atomic mass is 9.69. The Hall–Kier alpha value is -5.42. The number of carbonyl (C=O) groups excluding carboxylic acids is 8. The number of β-amino-alcohol motifs (C(OH)–C–C–N with tert-alkyl or cyclic N) is 4. The van der Waals surface area contributed by atoms with Gasteiger partial charge in [0.25, 0.3) is 23.6 Å². The first-order valence-corrected chi connectivity index (χ1v) is 33.6. The van der Waals surface area contributed by atoms with Crippen molar-refractivity contribution in [1.29, 1.82) is 0 Å². The van der Waals surface area contributed by atoms with Gasteiger partial charge in [-0.05, 0) is 203 Å². The summed E-state index contributed by atoms with van der Waals surface area (Å²) in [5, 5.41) is 62.8. The predicted molar refractivity (Wildman–Crippen MR) is 354 cm³/mol. The molecule has 4 spiro atoms. The van der Waals surface area contributed by atoms with E-state index in [-0.39, 0.29) is 51.4 Å². The highest BCUT2D eigenvalue weighted by Crippen LogP contribution is 2.50. The number of urea groups is 4. The van der Waals surface area contributed by atoms with Crippen LogP contribution in [0.2, 0.25) is 0 Å². The summed E-state index contributed by atoms with van der Waals surface area (Å²) in [7, 11) is 7.93. The van der Waals surface area contributed by atoms with Crippen molar-refractivity contribution in [2.75, 3.05) is 80.5 Å². The number of aliphatic hydroxyl groups is 4. The van der Waals surface area contributed by atoms with Crippen molar-refractivity contribution in [3.63, 3.8) is 0 Å². The summed E-state index contributed by atoms with van der Waals surface area (Å²) < 4.78 is 0. The maximum atomic E-state index is 14.9. The van der Waals surface area contributed by atoms with Crippen LogP contribution in [0.25, 0.3) is 0 Å². The average molecular weight is 1320 g/mol. The van der Waals surface area contributed by atoms with E-state index in [1.54, 1.807) is 21.9 Å². The average Bonchev–Trinajstić information content (AvgIpc) is 1.52. The Balaban J connectivity index is 1.10. The second-order valence-electron chi connectivity index (χ2n) is 34.7. The third kappa shape index (κ3) is 13.0. The van der Waals surface area contributed by atoms with Gasteiger partial charge in [-0.1, -0.05) is 29.8 Å². The Labute approximate surface area is 556 Å². The number of piperidine rings is 4. The summed E-state index contributed by atoms with van der Waals surface area (Å²) in [4.78, 5) is 133. The van der Waals surface area contributed by atoms with Crippen molar-refractivity contribution in [3.05, 3.63) is 35.4 Å². The largest absolute Gasteiger partial charge is 0.390 e. The molecule has 0 saturated carbocycles. The molecule has 8 fully saturated rings. The number of aryl methyl sites for hydroxylation is 1. The van der Waals surface area contributed by atoms with E-state index in [1.165, 1.54) is 0 Å². The number of rotatable bonds is 19. The molecule has 4 atom stereocenters. The summed E-state index contributed by atoms with van der Waals surface area (Å²) in [5.41, 5.74) is -8.25. The Morgan fingerprint density at radius 2 is 0.532 bits per heavy atom. The second-order valence-corrected chi connectivity index (χ2v) is 34.7. The number of amides is 12. The molecule has 8 N–H and O–H groups in total. The number of nitrogens with zero attached hydrogens (tertiary/aromatic N) is 10. The lowest BCUT2D eigenvalue weighted by Crippen LogP contribution is -2.68. The molecule has 526 valence electrons. The van der Waals surface area contributed by atoms with Crippen LogP contribution in [0.5, 0.6) is 0 Å². The smallest absolute Gasteiger partial charge is 0.325 e. The van der Waals surface area contributed by atoms with Crippen LogP contribution in [0.1, 0.15) is 179 Å². The van der Waals surface area contributed by atoms with Crippen LogP contribution in [0.15, 0.2) is 24.3 Å². The normalized spacial score (nSPS) is 28.0. The molecule has 8 aliphatic heterocycles. The van der Waals surface area contributed by atoms with Crippen molar-refractivity contribution < 1.29 is 58.8 Å². The van der Waals surface area contributed by atoms with Gasteiger partial charge in [0.1, 0.15) is 22.2 Å². The molecule has 26 heteroatoms. The number of imide groups is 4. The van der Waals surface area contributed by atoms with Crippen molar-refractivity contribution >= 4 is 47.8 Å². The lowest BCUT2D eigenvalue weighted by molar-refractivity contribution is -0.140. The summed E-state index contributed by atoms with van der Waals surface area (Å²) >= 11 is 0. The van der Waals surface area contributed by atoms with E-state index in [2.05, 4.69) is 40.9 Å². The van der Waals surface area contributed by atoms with Crippen LogP contribution in [0.3, 0.4) is 0 Å². The molecule has 4 unspecified atom stereocenters. The zero-order valence-electron chi connectivity index (χ0n) is 60.0. The molecular weight excluding hydrogens is 1200 g/mol. The molecule has 9 rings (SSSR count). The Morgan fingerprint density at radius 3 is 0.713 bits per heavy atom. The molecule has 12 amide bonds. The van der Waals surface area contributed by atoms with Gasteiger partial charge in [-0.25, -0.2) is 19.2 Å². The second kappa shape index (κ2) is 23.9. The number of aliphatic hydroxyl groups excluding tert-OH is 4. The van der Waals surface area contributed by atoms with Gasteiger partial charge in [-0.15, -0.1) is 0 Å². The molecule has 0 bridgehead atoms. The summed E-state index contributed by atoms with van der Waals surface area (Å²) in [6.07, 6.45) is -5.33. The van der Waals surface area contributed by atoms with Gasteiger partial charge in [0.05, 0.1) is 56.8 Å². The summed E-state index contributed by atoms with van der Waals surface area (Å²) in [6.45, 7) is 30.1. The van der Waals surface area contributed by atoms with Gasteiger partial charge in [0.2, 0.25) is 0 Å². The zero-order chi connectivity index (χ0) is 70.4. The fourth-order valence-electron chi connectivity index (χ4n) is 18.8. The third-order valence-electron chi connectivity index (χ3n) is 23.5. The van der Waals surface area contributed by atoms with Crippen LogP contribution in [0.4, 0.5) is 19.2 Å². The van der Waals surface area contributed by atoms with Gasteiger partial charge >= 0.3 is 24.1 Å². The van der Waals surface area contributed by atoms with Crippen LogP contribution < -0.4 is 21.3 Å². The minimum atomic E-state index is -1.58. The molecular formula is C68H112N14O12. The summed E-state index contributed by atoms with van der Waals surface area (Å²) in [6, 6.07) is 4.39. The first-order valence-electron chi connectivity index (χ1n) is 33.6. The van der Waals surface area contributed by atoms with Gasteiger partial charge < -0.3 is 41.7 Å². The molecule has 0 aliphatic carbocycles. The minimum Gasteiger partial charge on any atom is -0.390 e. The Kier molecular flexibility index (Phi) is 18.6. The molecule has 0 aromatic heterocycles. The first kappa shape index (κ1) is 72.8. The van der Waals surface area contributed by atoms with E-state index < -0.39 is 197 Å². The topological polar surface area (TPSA) is 298 Å². The molecule has 8 aliphatic rings. The zero-order valence-corrected chi connectivity index (χ0v) is 60.0. The first-order chi connectivity index (χ1) is 42.8. The molecule has 26 nitrogen and oxygen atoms in total. The number of benzene rings is 1. The monoisotopic (exact) mass is 1320 g/mol. The third-order valence-corrected chi connectivity index (χ3v) is 23.5. The maximum Gasteiger partial charge on any atom is 0.325 e. The van der Waals surface area contributed by atoms with Crippen molar-refractivity contribution in [2.45, 2.75) is 266 Å². The van der Waals surface area contributed by atoms with Gasteiger partial charge in [0.15, 0.2) is 0 Å². The fourth-order valence-corrected chi connectivity index (χ4v) is 18.8. The molecule has 1 aromatic carbocycles. The van der Waals surface area contributed by atoms with Crippen molar-refractivity contribution in [3.8, 4) is 0 Å². The van der Waals surface area contributed by atoms with Gasteiger partial charge in [-0.2, -0.15) is 0 Å². The van der Waals surface area contributed by atoms with Gasteiger partial charge in [0, 0.05) is 70.5 Å². The highest BCUT2D eigenvalue weighted by Gasteiger charge is 2.65. The summed E-state index contributed by atoms with van der Waals surface area (Å²) in [5.74, 6) is -2.07. The van der Waals surface area contributed by atoms with Crippen LogP contribution in [0, 0.1) is 6.92 Å². The number of nitrogens with one attached hydrogen (secondary N) is 4. The molecule has 94 heavy (non-hydrogen) atoms. The highest BCUT2D eigenvalue weighted by molar-refractivity contribution is 6.09. The minimum absolute atomic E-state index is 0.276. The van der Waals surface area contributed by atoms with Gasteiger partial charge in [-0.3, -0.25) is 68.2 Å². The molecule has 0 radical (unpaired) electrons. The fraction of sp³-hybridized carbons (Fsp3) is 0.794. The van der Waals surface area contributed by atoms with Crippen molar-refractivity contribution in [2.24, 2.45) is 0 Å². The quantitative estimate of drug-likeness (QED) is 0.0728. The highest BCUT2D eigenvalue weighted by atomic mass is 16.3. The maximum absolute atomic E-state index is 14.9. The van der Waals surface area contributed by atoms with Crippen LogP contribution in [-0.4, -0.2) is 289 Å². The van der Waals surface area contributed by atoms with E-state index in [9.17, 15) is 58.8 Å². The van der Waals surface area contributed by atoms with E-state index in [0.29, 0.717) is 5.56 Å². The van der Waals surface area contributed by atoms with E-state index in [1.807, 2.05) is 158 Å². The number of carbonyl (C=O) groups is 8. The Bertz CT molecular complexity index is 2750. The predicted octanol–water partition coefficient (Wildman–Crippen LogP) is 3.33.